The number of fused-ring (bicyclic) bond motifs is 1. The molecular formula is C22H21ClN4O. The van der Waals surface area contributed by atoms with Crippen molar-refractivity contribution in [1.82, 2.24) is 15.3 Å². The minimum absolute atomic E-state index is 0.193. The molecule has 6 heteroatoms. The Kier molecular flexibility index (Phi) is 5.26. The molecule has 1 amide bonds. The number of rotatable bonds is 5. The number of para-hydroxylation sites is 1. The minimum Gasteiger partial charge on any atom is -0.350 e. The predicted octanol–water partition coefficient (Wildman–Crippen LogP) is 4.11. The Hall–Kier alpha value is -2.92. The largest absolute Gasteiger partial charge is 0.350 e. The van der Waals surface area contributed by atoms with Crippen molar-refractivity contribution in [3.8, 4) is 0 Å². The quantitative estimate of drug-likeness (QED) is 0.710. The molecule has 0 bridgehead atoms. The van der Waals surface area contributed by atoms with Gasteiger partial charge in [0.05, 0.1) is 0 Å². The zero-order chi connectivity index (χ0) is 19.5. The third kappa shape index (κ3) is 3.99. The third-order valence-corrected chi connectivity index (χ3v) is 5.04. The number of aromatic nitrogens is 2. The molecule has 0 fully saturated rings. The second kappa shape index (κ2) is 7.98. The lowest BCUT2D eigenvalue weighted by Gasteiger charge is -2.19. The molecule has 0 saturated carbocycles. The summed E-state index contributed by atoms with van der Waals surface area (Å²) >= 11 is 6.01. The molecule has 0 aliphatic carbocycles. The van der Waals surface area contributed by atoms with E-state index in [0.29, 0.717) is 29.5 Å². The smallest absolute Gasteiger partial charge is 0.270 e. The zero-order valence-electron chi connectivity index (χ0n) is 15.7. The molecule has 0 atom stereocenters. The fraction of sp³-hybridized carbons (Fsp3) is 0.227. The molecule has 3 aromatic rings. The van der Waals surface area contributed by atoms with E-state index in [2.05, 4.69) is 32.3 Å². The fourth-order valence-electron chi connectivity index (χ4n) is 3.49. The zero-order valence-corrected chi connectivity index (χ0v) is 16.4. The Labute approximate surface area is 169 Å². The number of benzene rings is 2. The van der Waals surface area contributed by atoms with Crippen molar-refractivity contribution in [3.63, 3.8) is 0 Å². The summed E-state index contributed by atoms with van der Waals surface area (Å²) in [7, 11) is 0. The van der Waals surface area contributed by atoms with Gasteiger partial charge in [-0.25, -0.2) is 9.97 Å². The maximum Gasteiger partial charge on any atom is 0.270 e. The van der Waals surface area contributed by atoms with Gasteiger partial charge in [-0.15, -0.1) is 0 Å². The Balaban J connectivity index is 1.47. The molecule has 142 valence electrons. The molecule has 1 N–H and O–H groups in total. The van der Waals surface area contributed by atoms with Gasteiger partial charge >= 0.3 is 0 Å². The van der Waals surface area contributed by atoms with Crippen LogP contribution in [0.2, 0.25) is 5.02 Å². The van der Waals surface area contributed by atoms with Crippen LogP contribution >= 0.6 is 11.6 Å². The van der Waals surface area contributed by atoms with Crippen LogP contribution in [-0.2, 0) is 12.8 Å². The van der Waals surface area contributed by atoms with E-state index in [1.165, 1.54) is 5.56 Å². The van der Waals surface area contributed by atoms with Crippen LogP contribution in [-0.4, -0.2) is 29.0 Å². The van der Waals surface area contributed by atoms with Gasteiger partial charge in [-0.3, -0.25) is 4.79 Å². The molecule has 0 radical (unpaired) electrons. The first-order valence-corrected chi connectivity index (χ1v) is 9.72. The topological polar surface area (TPSA) is 58.1 Å². The van der Waals surface area contributed by atoms with Gasteiger partial charge in [-0.1, -0.05) is 41.9 Å². The monoisotopic (exact) mass is 392 g/mol. The molecular weight excluding hydrogens is 372 g/mol. The lowest BCUT2D eigenvalue weighted by atomic mass is 10.1. The van der Waals surface area contributed by atoms with Crippen LogP contribution < -0.4 is 10.2 Å². The van der Waals surface area contributed by atoms with E-state index in [0.717, 1.165) is 30.0 Å². The number of carbonyl (C=O) groups is 1. The number of nitrogens with one attached hydrogen (secondary N) is 1. The molecule has 0 spiro atoms. The van der Waals surface area contributed by atoms with Crippen molar-refractivity contribution < 1.29 is 4.79 Å². The highest BCUT2D eigenvalue weighted by molar-refractivity contribution is 6.30. The van der Waals surface area contributed by atoms with Gasteiger partial charge in [-0.2, -0.15) is 0 Å². The van der Waals surface area contributed by atoms with E-state index < -0.39 is 0 Å². The number of nitrogens with zero attached hydrogens (tertiary/aromatic N) is 3. The second-order valence-electron chi connectivity index (χ2n) is 6.82. The lowest BCUT2D eigenvalue weighted by Crippen LogP contribution is -2.27. The second-order valence-corrected chi connectivity index (χ2v) is 7.26. The van der Waals surface area contributed by atoms with Crippen molar-refractivity contribution in [2.24, 2.45) is 0 Å². The van der Waals surface area contributed by atoms with E-state index in [4.69, 9.17) is 11.6 Å². The first-order valence-electron chi connectivity index (χ1n) is 9.34. The van der Waals surface area contributed by atoms with E-state index in [9.17, 15) is 4.79 Å². The number of hydrogen-bond donors (Lipinski definition) is 1. The highest BCUT2D eigenvalue weighted by atomic mass is 35.5. The van der Waals surface area contributed by atoms with Crippen LogP contribution in [0.25, 0.3) is 0 Å². The van der Waals surface area contributed by atoms with Gasteiger partial charge < -0.3 is 10.2 Å². The first kappa shape index (κ1) is 18.4. The Morgan fingerprint density at radius 2 is 2.00 bits per heavy atom. The molecule has 28 heavy (non-hydrogen) atoms. The molecule has 5 nitrogen and oxygen atoms in total. The molecule has 0 saturated heterocycles. The average Bonchev–Trinajstić information content (AvgIpc) is 3.12. The van der Waals surface area contributed by atoms with Crippen molar-refractivity contribution >= 4 is 29.0 Å². The number of aryl methyl sites for hydroxylation is 1. The Morgan fingerprint density at radius 1 is 1.14 bits per heavy atom. The Morgan fingerprint density at radius 3 is 2.86 bits per heavy atom. The molecule has 1 aliphatic rings. The summed E-state index contributed by atoms with van der Waals surface area (Å²) in [6.45, 7) is 3.18. The summed E-state index contributed by atoms with van der Waals surface area (Å²) in [5, 5.41) is 3.64. The number of hydrogen-bond acceptors (Lipinski definition) is 4. The van der Waals surface area contributed by atoms with E-state index in [1.807, 2.05) is 43.3 Å². The lowest BCUT2D eigenvalue weighted by molar-refractivity contribution is 0.0949. The van der Waals surface area contributed by atoms with E-state index in [-0.39, 0.29) is 5.91 Å². The third-order valence-electron chi connectivity index (χ3n) is 4.81. The van der Waals surface area contributed by atoms with E-state index in [1.54, 1.807) is 6.07 Å². The summed E-state index contributed by atoms with van der Waals surface area (Å²) in [6, 6.07) is 17.7. The highest BCUT2D eigenvalue weighted by Crippen LogP contribution is 2.33. The van der Waals surface area contributed by atoms with Crippen LogP contribution in [0, 0.1) is 6.92 Å². The van der Waals surface area contributed by atoms with Gasteiger partial charge in [0, 0.05) is 29.9 Å². The van der Waals surface area contributed by atoms with Crippen molar-refractivity contribution in [1.29, 1.82) is 0 Å². The van der Waals surface area contributed by atoms with Crippen LogP contribution in [0.15, 0.2) is 54.6 Å². The van der Waals surface area contributed by atoms with Crippen LogP contribution in [0.4, 0.5) is 11.5 Å². The number of anilines is 2. The molecule has 0 unspecified atom stereocenters. The van der Waals surface area contributed by atoms with Crippen molar-refractivity contribution in [3.05, 3.63) is 82.3 Å². The van der Waals surface area contributed by atoms with Crippen molar-refractivity contribution in [2.45, 2.75) is 19.8 Å². The van der Waals surface area contributed by atoms with Gasteiger partial charge in [0.1, 0.15) is 17.3 Å². The number of carbonyl (C=O) groups excluding carboxylic acids is 1. The Bertz CT molecular complexity index is 1020. The van der Waals surface area contributed by atoms with Gasteiger partial charge in [0.2, 0.25) is 0 Å². The number of amides is 1. The number of halogens is 1. The molecule has 2 heterocycles. The standard InChI is InChI=1S/C22H21ClN4O/c1-15-25-19(22(28)24-11-9-16-5-4-7-18(23)13-16)14-21(26-15)27-12-10-17-6-2-3-8-20(17)27/h2-8,13-14H,9-12H2,1H3,(H,24,28). The summed E-state index contributed by atoms with van der Waals surface area (Å²) < 4.78 is 0. The fourth-order valence-corrected chi connectivity index (χ4v) is 3.70. The molecule has 4 rings (SSSR count). The van der Waals surface area contributed by atoms with Gasteiger partial charge in [0.25, 0.3) is 5.91 Å². The minimum atomic E-state index is -0.193. The van der Waals surface area contributed by atoms with Crippen LogP contribution in [0.3, 0.4) is 0 Å². The summed E-state index contributed by atoms with van der Waals surface area (Å²) in [5.41, 5.74) is 3.92. The van der Waals surface area contributed by atoms with Crippen molar-refractivity contribution in [2.75, 3.05) is 18.0 Å². The summed E-state index contributed by atoms with van der Waals surface area (Å²) in [4.78, 5) is 23.7. The molecule has 1 aliphatic heterocycles. The highest BCUT2D eigenvalue weighted by Gasteiger charge is 2.22. The van der Waals surface area contributed by atoms with Gasteiger partial charge in [0.15, 0.2) is 0 Å². The summed E-state index contributed by atoms with van der Waals surface area (Å²) in [6.07, 6.45) is 1.68. The average molecular weight is 393 g/mol. The van der Waals surface area contributed by atoms with E-state index >= 15 is 0 Å². The first-order chi connectivity index (χ1) is 13.6. The van der Waals surface area contributed by atoms with Gasteiger partial charge in [-0.05, 0) is 49.1 Å². The summed E-state index contributed by atoms with van der Waals surface area (Å²) in [5.74, 6) is 1.15. The maximum absolute atomic E-state index is 12.6. The normalized spacial score (nSPS) is 12.7. The van der Waals surface area contributed by atoms with Crippen LogP contribution in [0.5, 0.6) is 0 Å². The molecule has 1 aromatic heterocycles. The SMILES string of the molecule is Cc1nc(C(=O)NCCc2cccc(Cl)c2)cc(N2CCc3ccccc32)n1. The van der Waals surface area contributed by atoms with Crippen LogP contribution in [0.1, 0.15) is 27.4 Å². The molecule has 2 aromatic carbocycles. The predicted molar refractivity (Wildman–Crippen MR) is 111 cm³/mol. The maximum atomic E-state index is 12.6.